The van der Waals surface area contributed by atoms with Crippen molar-refractivity contribution in [2.24, 2.45) is 0 Å². The highest BCUT2D eigenvalue weighted by atomic mass is 35.5. The second kappa shape index (κ2) is 9.28. The fraction of sp³-hybridized carbons (Fsp3) is 0.238. The predicted molar refractivity (Wildman–Crippen MR) is 116 cm³/mol. The lowest BCUT2D eigenvalue weighted by Gasteiger charge is -2.33. The van der Waals surface area contributed by atoms with E-state index in [0.717, 1.165) is 0 Å². The van der Waals surface area contributed by atoms with Crippen LogP contribution >= 0.6 is 23.2 Å². The van der Waals surface area contributed by atoms with E-state index in [9.17, 15) is 19.7 Å². The summed E-state index contributed by atoms with van der Waals surface area (Å²) in [6.45, 7) is 3.35. The summed E-state index contributed by atoms with van der Waals surface area (Å²) < 4.78 is 0. The average molecular weight is 448 g/mol. The summed E-state index contributed by atoms with van der Waals surface area (Å²) >= 11 is 12.3. The van der Waals surface area contributed by atoms with Crippen molar-refractivity contribution >= 4 is 46.8 Å². The number of amides is 2. The zero-order valence-electron chi connectivity index (χ0n) is 16.2. The molecule has 3 rings (SSSR count). The van der Waals surface area contributed by atoms with Crippen molar-refractivity contribution in [3.05, 3.63) is 68.2 Å². The van der Waals surface area contributed by atoms with Gasteiger partial charge in [0.05, 0.1) is 15.5 Å². The molecule has 1 aliphatic rings. The number of hydrogen-bond acceptors (Lipinski definition) is 4. The van der Waals surface area contributed by atoms with Crippen LogP contribution in [-0.2, 0) is 9.59 Å². The van der Waals surface area contributed by atoms with Crippen molar-refractivity contribution in [1.29, 1.82) is 0 Å². The monoisotopic (exact) mass is 447 g/mol. The van der Waals surface area contributed by atoms with Gasteiger partial charge in [-0.25, -0.2) is 0 Å². The fourth-order valence-corrected chi connectivity index (χ4v) is 3.85. The van der Waals surface area contributed by atoms with Gasteiger partial charge in [-0.2, -0.15) is 0 Å². The van der Waals surface area contributed by atoms with E-state index in [1.165, 1.54) is 25.1 Å². The number of piperazine rings is 1. The molecule has 9 heteroatoms. The second-order valence-electron chi connectivity index (χ2n) is 6.79. The van der Waals surface area contributed by atoms with Crippen LogP contribution in [0.5, 0.6) is 0 Å². The first-order chi connectivity index (χ1) is 14.3. The lowest BCUT2D eigenvalue weighted by atomic mass is 9.97. The van der Waals surface area contributed by atoms with Gasteiger partial charge in [-0.15, -0.1) is 0 Å². The van der Waals surface area contributed by atoms with Crippen molar-refractivity contribution in [2.45, 2.75) is 6.92 Å². The molecule has 1 heterocycles. The van der Waals surface area contributed by atoms with Crippen LogP contribution in [-0.4, -0.2) is 52.7 Å². The molecule has 0 aliphatic carbocycles. The van der Waals surface area contributed by atoms with E-state index in [2.05, 4.69) is 0 Å². The molecule has 0 unspecified atom stereocenters. The zero-order chi connectivity index (χ0) is 21.8. The van der Waals surface area contributed by atoms with E-state index in [1.807, 2.05) is 0 Å². The summed E-state index contributed by atoms with van der Waals surface area (Å²) in [5, 5.41) is 12.3. The van der Waals surface area contributed by atoms with Crippen LogP contribution in [0, 0.1) is 10.1 Å². The van der Waals surface area contributed by atoms with E-state index < -0.39 is 4.92 Å². The van der Waals surface area contributed by atoms with Gasteiger partial charge in [-0.3, -0.25) is 19.7 Å². The highest BCUT2D eigenvalue weighted by Crippen LogP contribution is 2.39. The Balaban J connectivity index is 1.91. The fourth-order valence-electron chi connectivity index (χ4n) is 3.34. The van der Waals surface area contributed by atoms with Crippen LogP contribution in [0.15, 0.2) is 42.5 Å². The number of nitro groups is 1. The molecule has 1 saturated heterocycles. The molecule has 156 valence electrons. The van der Waals surface area contributed by atoms with Crippen molar-refractivity contribution in [3.63, 3.8) is 0 Å². The van der Waals surface area contributed by atoms with Crippen molar-refractivity contribution < 1.29 is 14.5 Å². The van der Waals surface area contributed by atoms with Crippen LogP contribution in [0.4, 0.5) is 5.69 Å². The van der Waals surface area contributed by atoms with Crippen LogP contribution in [0.25, 0.3) is 17.2 Å². The molecular weight excluding hydrogens is 429 g/mol. The standard InChI is InChI=1S/C21H19Cl2N3O4/c1-14(27)24-9-11-25(12-10-24)20(28)8-5-15-3-2-4-19(26(29)30)21(15)17-7-6-16(22)13-18(17)23/h2-8,13H,9-12H2,1H3/b8-5+. The van der Waals surface area contributed by atoms with E-state index in [1.54, 1.807) is 40.1 Å². The summed E-state index contributed by atoms with van der Waals surface area (Å²) in [6, 6.07) is 9.37. The molecule has 1 aliphatic heterocycles. The zero-order valence-corrected chi connectivity index (χ0v) is 17.7. The molecule has 0 radical (unpaired) electrons. The molecular formula is C21H19Cl2N3O4. The molecule has 30 heavy (non-hydrogen) atoms. The van der Waals surface area contributed by atoms with Gasteiger partial charge in [0.1, 0.15) is 0 Å². The third kappa shape index (κ3) is 4.80. The number of benzene rings is 2. The number of halogens is 2. The molecule has 0 bridgehead atoms. The molecule has 0 atom stereocenters. The molecule has 2 aromatic rings. The third-order valence-corrected chi connectivity index (χ3v) is 5.46. The Hall–Kier alpha value is -2.90. The SMILES string of the molecule is CC(=O)N1CCN(C(=O)/C=C/c2cccc([N+](=O)[O-])c2-c2ccc(Cl)cc2Cl)CC1. The molecule has 2 amide bonds. The highest BCUT2D eigenvalue weighted by molar-refractivity contribution is 6.36. The summed E-state index contributed by atoms with van der Waals surface area (Å²) in [6.07, 6.45) is 2.93. The van der Waals surface area contributed by atoms with E-state index >= 15 is 0 Å². The Bertz CT molecular complexity index is 1030. The first-order valence-corrected chi connectivity index (χ1v) is 9.99. The number of carbonyl (C=O) groups is 2. The minimum Gasteiger partial charge on any atom is -0.339 e. The average Bonchev–Trinajstić information content (AvgIpc) is 2.72. The smallest absolute Gasteiger partial charge is 0.277 e. The number of rotatable bonds is 4. The summed E-state index contributed by atoms with van der Waals surface area (Å²) in [5.74, 6) is -0.239. The van der Waals surface area contributed by atoms with Gasteiger partial charge in [0.2, 0.25) is 11.8 Å². The highest BCUT2D eigenvalue weighted by Gasteiger charge is 2.22. The molecule has 1 fully saturated rings. The van der Waals surface area contributed by atoms with Crippen molar-refractivity contribution in [2.75, 3.05) is 26.2 Å². The summed E-state index contributed by atoms with van der Waals surface area (Å²) in [5.41, 5.74) is 1.14. The first kappa shape index (κ1) is 21.8. The maximum atomic E-state index is 12.6. The third-order valence-electron chi connectivity index (χ3n) is 4.91. The van der Waals surface area contributed by atoms with Gasteiger partial charge < -0.3 is 9.80 Å². The second-order valence-corrected chi connectivity index (χ2v) is 7.63. The van der Waals surface area contributed by atoms with Gasteiger partial charge in [0.15, 0.2) is 0 Å². The van der Waals surface area contributed by atoms with Gasteiger partial charge in [-0.1, -0.05) is 41.4 Å². The van der Waals surface area contributed by atoms with Crippen LogP contribution in [0.2, 0.25) is 10.0 Å². The Labute approximate surface area is 183 Å². The number of carbonyl (C=O) groups excluding carboxylic acids is 2. The van der Waals surface area contributed by atoms with Gasteiger partial charge >= 0.3 is 0 Å². The van der Waals surface area contributed by atoms with E-state index in [0.29, 0.717) is 47.9 Å². The molecule has 7 nitrogen and oxygen atoms in total. The Morgan fingerprint density at radius 3 is 2.33 bits per heavy atom. The van der Waals surface area contributed by atoms with Gasteiger partial charge in [-0.05, 0) is 23.8 Å². The Morgan fingerprint density at radius 1 is 1.07 bits per heavy atom. The molecule has 0 aromatic heterocycles. The van der Waals surface area contributed by atoms with Crippen molar-refractivity contribution in [1.82, 2.24) is 9.80 Å². The van der Waals surface area contributed by atoms with Gasteiger partial charge in [0, 0.05) is 55.8 Å². The molecule has 0 spiro atoms. The van der Waals surface area contributed by atoms with E-state index in [-0.39, 0.29) is 22.5 Å². The van der Waals surface area contributed by atoms with E-state index in [4.69, 9.17) is 23.2 Å². The topological polar surface area (TPSA) is 83.8 Å². The van der Waals surface area contributed by atoms with Crippen LogP contribution in [0.3, 0.4) is 0 Å². The molecule has 0 saturated carbocycles. The maximum absolute atomic E-state index is 12.6. The van der Waals surface area contributed by atoms with Crippen molar-refractivity contribution in [3.8, 4) is 11.1 Å². The largest absolute Gasteiger partial charge is 0.339 e. The van der Waals surface area contributed by atoms with Gasteiger partial charge in [0.25, 0.3) is 5.69 Å². The maximum Gasteiger partial charge on any atom is 0.277 e. The quantitative estimate of drug-likeness (QED) is 0.397. The minimum atomic E-state index is -0.486. The number of hydrogen-bond donors (Lipinski definition) is 0. The first-order valence-electron chi connectivity index (χ1n) is 9.23. The number of nitro benzene ring substituents is 1. The Kier molecular flexibility index (Phi) is 6.74. The van der Waals surface area contributed by atoms with Crippen LogP contribution < -0.4 is 0 Å². The summed E-state index contributed by atoms with van der Waals surface area (Å²) in [4.78, 5) is 38.5. The normalized spacial score (nSPS) is 14.2. The number of nitrogens with zero attached hydrogens (tertiary/aromatic N) is 3. The summed E-state index contributed by atoms with van der Waals surface area (Å²) in [7, 11) is 0. The molecule has 2 aromatic carbocycles. The predicted octanol–water partition coefficient (Wildman–Crippen LogP) is 4.27. The Morgan fingerprint density at radius 2 is 1.73 bits per heavy atom. The minimum absolute atomic E-state index is 0.0151. The lowest BCUT2D eigenvalue weighted by Crippen LogP contribution is -2.49. The molecule has 0 N–H and O–H groups in total. The lowest BCUT2D eigenvalue weighted by molar-refractivity contribution is -0.384. The van der Waals surface area contributed by atoms with Crippen LogP contribution in [0.1, 0.15) is 12.5 Å².